The van der Waals surface area contributed by atoms with Crippen LogP contribution in [0.1, 0.15) is 22.4 Å². The molecule has 3 aromatic rings. The van der Waals surface area contributed by atoms with Gasteiger partial charge in [-0.3, -0.25) is 9.69 Å². The summed E-state index contributed by atoms with van der Waals surface area (Å²) in [5.41, 5.74) is 4.52. The van der Waals surface area contributed by atoms with Crippen LogP contribution in [0, 0.1) is 18.3 Å². The molecule has 152 valence electrons. The van der Waals surface area contributed by atoms with Crippen molar-refractivity contribution in [2.45, 2.75) is 20.0 Å². The van der Waals surface area contributed by atoms with E-state index in [1.165, 1.54) is 0 Å². The molecule has 1 aliphatic heterocycles. The number of hydrogen-bond donors (Lipinski definition) is 0. The first-order chi connectivity index (χ1) is 14.5. The Kier molecular flexibility index (Phi) is 5.84. The number of carbonyl (C=O) groups excluding carboxylic acids is 1. The van der Waals surface area contributed by atoms with E-state index in [0.717, 1.165) is 29.1 Å². The maximum absolute atomic E-state index is 12.8. The second-order valence-electron chi connectivity index (χ2n) is 7.49. The van der Waals surface area contributed by atoms with Gasteiger partial charge < -0.3 is 9.47 Å². The van der Waals surface area contributed by atoms with Crippen molar-refractivity contribution in [3.05, 3.63) is 82.4 Å². The molecule has 0 spiro atoms. The van der Waals surface area contributed by atoms with Gasteiger partial charge in [-0.15, -0.1) is 0 Å². The number of anilines is 1. The number of aromatic nitrogens is 2. The molecule has 1 aromatic heterocycles. The Hall–Kier alpha value is -3.14. The van der Waals surface area contributed by atoms with Crippen LogP contribution < -0.4 is 4.90 Å². The quantitative estimate of drug-likeness (QED) is 0.633. The number of piperazine rings is 1. The molecule has 0 atom stereocenters. The van der Waals surface area contributed by atoms with Crippen molar-refractivity contribution in [1.82, 2.24) is 14.5 Å². The lowest BCUT2D eigenvalue weighted by molar-refractivity contribution is -0.121. The van der Waals surface area contributed by atoms with Crippen molar-refractivity contribution in [2.75, 3.05) is 24.5 Å². The Morgan fingerprint density at radius 3 is 2.67 bits per heavy atom. The zero-order valence-corrected chi connectivity index (χ0v) is 17.5. The Bertz CT molecular complexity index is 1100. The second kappa shape index (κ2) is 8.70. The number of nitrogens with zero attached hydrogens (tertiary/aromatic N) is 5. The highest BCUT2D eigenvalue weighted by molar-refractivity contribution is 6.31. The number of benzene rings is 2. The number of halogens is 1. The van der Waals surface area contributed by atoms with Crippen LogP contribution in [0.3, 0.4) is 0 Å². The van der Waals surface area contributed by atoms with E-state index in [0.29, 0.717) is 36.8 Å². The van der Waals surface area contributed by atoms with Gasteiger partial charge in [-0.05, 0) is 42.3 Å². The van der Waals surface area contributed by atoms with Crippen molar-refractivity contribution in [3.63, 3.8) is 0 Å². The largest absolute Gasteiger partial charge is 0.333 e. The molecule has 30 heavy (non-hydrogen) atoms. The Morgan fingerprint density at radius 1 is 1.13 bits per heavy atom. The molecule has 1 saturated heterocycles. The summed E-state index contributed by atoms with van der Waals surface area (Å²) in [5, 5.41) is 9.58. The van der Waals surface area contributed by atoms with Crippen LogP contribution in [0.5, 0.6) is 0 Å². The molecule has 0 unspecified atom stereocenters. The molecule has 0 bridgehead atoms. The highest BCUT2D eigenvalue weighted by Gasteiger charge is 2.26. The zero-order chi connectivity index (χ0) is 21.1. The van der Waals surface area contributed by atoms with Crippen molar-refractivity contribution < 1.29 is 4.79 Å². The minimum absolute atomic E-state index is 0.0728. The Labute approximate surface area is 180 Å². The number of hydrogen-bond acceptors (Lipinski definition) is 4. The van der Waals surface area contributed by atoms with Crippen LogP contribution in [0.15, 0.2) is 55.0 Å². The fourth-order valence-corrected chi connectivity index (χ4v) is 3.87. The van der Waals surface area contributed by atoms with Gasteiger partial charge in [-0.1, -0.05) is 29.8 Å². The van der Waals surface area contributed by atoms with E-state index in [9.17, 15) is 4.79 Å². The molecular weight excluding hydrogens is 398 g/mol. The Morgan fingerprint density at radius 2 is 1.93 bits per heavy atom. The molecule has 0 saturated carbocycles. The lowest BCUT2D eigenvalue weighted by atomic mass is 10.1. The number of amides is 1. The SMILES string of the molecule is Cc1c(Cl)cccc1N1CCN(Cc2cn(Cc3ccc(C#N)cc3)cn2)CC1=O. The molecule has 0 N–H and O–H groups in total. The average molecular weight is 420 g/mol. The maximum atomic E-state index is 12.8. The van der Waals surface area contributed by atoms with E-state index in [1.807, 2.05) is 65.1 Å². The van der Waals surface area contributed by atoms with Crippen molar-refractivity contribution in [1.29, 1.82) is 5.26 Å². The van der Waals surface area contributed by atoms with Gasteiger partial charge in [0.15, 0.2) is 0 Å². The fourth-order valence-electron chi connectivity index (χ4n) is 3.70. The first-order valence-electron chi connectivity index (χ1n) is 9.81. The summed E-state index contributed by atoms with van der Waals surface area (Å²) in [6.07, 6.45) is 3.82. The van der Waals surface area contributed by atoms with Gasteiger partial charge in [-0.2, -0.15) is 5.26 Å². The first kappa shape index (κ1) is 20.1. The predicted molar refractivity (Wildman–Crippen MR) is 116 cm³/mol. The van der Waals surface area contributed by atoms with Crippen molar-refractivity contribution in [3.8, 4) is 6.07 Å². The molecule has 7 heteroatoms. The van der Waals surface area contributed by atoms with E-state index in [2.05, 4.69) is 16.0 Å². The highest BCUT2D eigenvalue weighted by atomic mass is 35.5. The van der Waals surface area contributed by atoms with Gasteiger partial charge in [0.1, 0.15) is 0 Å². The van der Waals surface area contributed by atoms with Gasteiger partial charge in [-0.25, -0.2) is 4.98 Å². The normalized spacial score (nSPS) is 14.7. The van der Waals surface area contributed by atoms with E-state index in [1.54, 1.807) is 6.33 Å². The molecule has 2 aromatic carbocycles. The van der Waals surface area contributed by atoms with E-state index >= 15 is 0 Å². The molecule has 6 nitrogen and oxygen atoms in total. The van der Waals surface area contributed by atoms with Crippen LogP contribution in [-0.2, 0) is 17.9 Å². The van der Waals surface area contributed by atoms with Crippen LogP contribution in [0.25, 0.3) is 0 Å². The molecule has 1 amide bonds. The van der Waals surface area contributed by atoms with E-state index < -0.39 is 0 Å². The fraction of sp³-hybridized carbons (Fsp3) is 0.261. The Balaban J connectivity index is 1.36. The predicted octanol–water partition coefficient (Wildman–Crippen LogP) is 3.61. The molecule has 2 heterocycles. The van der Waals surface area contributed by atoms with Crippen LogP contribution >= 0.6 is 11.6 Å². The third-order valence-electron chi connectivity index (χ3n) is 5.35. The maximum Gasteiger partial charge on any atom is 0.241 e. The zero-order valence-electron chi connectivity index (χ0n) is 16.8. The monoisotopic (exact) mass is 419 g/mol. The summed E-state index contributed by atoms with van der Waals surface area (Å²) >= 11 is 6.22. The minimum Gasteiger partial charge on any atom is -0.333 e. The van der Waals surface area contributed by atoms with E-state index in [-0.39, 0.29) is 5.91 Å². The summed E-state index contributed by atoms with van der Waals surface area (Å²) < 4.78 is 2.02. The van der Waals surface area contributed by atoms with Crippen LogP contribution in [0.2, 0.25) is 5.02 Å². The van der Waals surface area contributed by atoms with Gasteiger partial charge in [0, 0.05) is 43.1 Å². The average Bonchev–Trinajstić information content (AvgIpc) is 3.18. The number of rotatable bonds is 5. The summed E-state index contributed by atoms with van der Waals surface area (Å²) in [4.78, 5) is 21.2. The lowest BCUT2D eigenvalue weighted by Crippen LogP contribution is -2.50. The minimum atomic E-state index is 0.0728. The molecule has 4 rings (SSSR count). The lowest BCUT2D eigenvalue weighted by Gasteiger charge is -2.34. The van der Waals surface area contributed by atoms with Gasteiger partial charge in [0.2, 0.25) is 5.91 Å². The summed E-state index contributed by atoms with van der Waals surface area (Å²) in [5.74, 6) is 0.0728. The van der Waals surface area contributed by atoms with Gasteiger partial charge >= 0.3 is 0 Å². The van der Waals surface area contributed by atoms with Crippen LogP contribution in [0.4, 0.5) is 5.69 Å². The number of carbonyl (C=O) groups is 1. The third-order valence-corrected chi connectivity index (χ3v) is 5.76. The van der Waals surface area contributed by atoms with Gasteiger partial charge in [0.05, 0.1) is 30.2 Å². The third kappa shape index (κ3) is 4.38. The first-order valence-corrected chi connectivity index (χ1v) is 10.2. The molecule has 0 aliphatic carbocycles. The number of nitriles is 1. The summed E-state index contributed by atoms with van der Waals surface area (Å²) in [6.45, 7) is 5.03. The van der Waals surface area contributed by atoms with Crippen molar-refractivity contribution >= 4 is 23.2 Å². The molecule has 1 aliphatic rings. The highest BCUT2D eigenvalue weighted by Crippen LogP contribution is 2.27. The topological polar surface area (TPSA) is 65.2 Å². The summed E-state index contributed by atoms with van der Waals surface area (Å²) in [7, 11) is 0. The second-order valence-corrected chi connectivity index (χ2v) is 7.89. The van der Waals surface area contributed by atoms with Gasteiger partial charge in [0.25, 0.3) is 0 Å². The smallest absolute Gasteiger partial charge is 0.241 e. The van der Waals surface area contributed by atoms with E-state index in [4.69, 9.17) is 16.9 Å². The van der Waals surface area contributed by atoms with Crippen LogP contribution in [-0.4, -0.2) is 40.0 Å². The number of imidazole rings is 1. The molecular formula is C23H22ClN5O. The standard InChI is InChI=1S/C23H22ClN5O/c1-17-21(24)3-2-4-22(17)29-10-9-27(15-23(29)30)13-20-14-28(16-26-20)12-19-7-5-18(11-25)6-8-19/h2-8,14,16H,9-10,12-13,15H2,1H3. The molecule has 1 fully saturated rings. The van der Waals surface area contributed by atoms with Crippen molar-refractivity contribution in [2.24, 2.45) is 0 Å². The summed E-state index contributed by atoms with van der Waals surface area (Å²) in [6, 6.07) is 15.3. The molecule has 0 radical (unpaired) electrons.